The highest BCUT2D eigenvalue weighted by Gasteiger charge is 2.07. The van der Waals surface area contributed by atoms with Crippen LogP contribution in [0.1, 0.15) is 26.0 Å². The fourth-order valence-corrected chi connectivity index (χ4v) is 2.21. The third-order valence-electron chi connectivity index (χ3n) is 2.95. The first-order chi connectivity index (χ1) is 9.02. The highest BCUT2D eigenvalue weighted by molar-refractivity contribution is 7.13. The highest BCUT2D eigenvalue weighted by atomic mass is 32.1. The van der Waals surface area contributed by atoms with Gasteiger partial charge in [0.25, 0.3) is 0 Å². The summed E-state index contributed by atoms with van der Waals surface area (Å²) in [5, 5.41) is 6.03. The zero-order valence-electron chi connectivity index (χ0n) is 12.1. The first-order valence-corrected chi connectivity index (χ1v) is 7.36. The van der Waals surface area contributed by atoms with Crippen molar-refractivity contribution in [2.24, 2.45) is 0 Å². The molecule has 0 saturated heterocycles. The van der Waals surface area contributed by atoms with Crippen molar-refractivity contribution in [3.05, 3.63) is 11.1 Å². The van der Waals surface area contributed by atoms with Crippen LogP contribution < -0.4 is 5.32 Å². The van der Waals surface area contributed by atoms with Gasteiger partial charge < -0.3 is 15.0 Å². The second-order valence-corrected chi connectivity index (χ2v) is 5.61. The molecule has 108 valence electrons. The SMILES string of the molecule is COC(=O)Cc1csc(NCCCN(C)C(C)C)n1. The van der Waals surface area contributed by atoms with Crippen LogP contribution in [0.5, 0.6) is 0 Å². The van der Waals surface area contributed by atoms with Crippen LogP contribution in [-0.2, 0) is 16.0 Å². The zero-order chi connectivity index (χ0) is 14.3. The molecule has 1 heterocycles. The van der Waals surface area contributed by atoms with Crippen molar-refractivity contribution in [1.29, 1.82) is 0 Å². The first kappa shape index (κ1) is 15.9. The van der Waals surface area contributed by atoms with E-state index in [2.05, 4.69) is 40.8 Å². The van der Waals surface area contributed by atoms with Gasteiger partial charge in [0.05, 0.1) is 19.2 Å². The summed E-state index contributed by atoms with van der Waals surface area (Å²) in [6.45, 7) is 6.33. The van der Waals surface area contributed by atoms with Crippen molar-refractivity contribution in [3.63, 3.8) is 0 Å². The molecule has 5 nitrogen and oxygen atoms in total. The molecule has 1 aromatic heterocycles. The molecule has 0 saturated carbocycles. The smallest absolute Gasteiger partial charge is 0.311 e. The van der Waals surface area contributed by atoms with E-state index in [-0.39, 0.29) is 12.4 Å². The molecule has 0 fully saturated rings. The Morgan fingerprint density at radius 2 is 2.32 bits per heavy atom. The van der Waals surface area contributed by atoms with Crippen LogP contribution in [-0.4, -0.2) is 49.1 Å². The normalized spacial score (nSPS) is 11.1. The number of carbonyl (C=O) groups excluding carboxylic acids is 1. The van der Waals surface area contributed by atoms with Crippen LogP contribution >= 0.6 is 11.3 Å². The summed E-state index contributed by atoms with van der Waals surface area (Å²) < 4.78 is 4.61. The fraction of sp³-hybridized carbons (Fsp3) is 0.692. The van der Waals surface area contributed by atoms with Gasteiger partial charge in [0.15, 0.2) is 5.13 Å². The maximum atomic E-state index is 11.1. The average Bonchev–Trinajstić information content (AvgIpc) is 2.81. The number of carbonyl (C=O) groups is 1. The van der Waals surface area contributed by atoms with Gasteiger partial charge in [0.2, 0.25) is 0 Å². The van der Waals surface area contributed by atoms with Gasteiger partial charge >= 0.3 is 5.97 Å². The Morgan fingerprint density at radius 1 is 1.58 bits per heavy atom. The molecule has 6 heteroatoms. The largest absolute Gasteiger partial charge is 0.469 e. The zero-order valence-corrected chi connectivity index (χ0v) is 12.9. The van der Waals surface area contributed by atoms with Crippen molar-refractivity contribution in [2.45, 2.75) is 32.7 Å². The number of nitrogens with one attached hydrogen (secondary N) is 1. The van der Waals surface area contributed by atoms with Gasteiger partial charge in [-0.05, 0) is 33.9 Å². The van der Waals surface area contributed by atoms with Gasteiger partial charge in [0.1, 0.15) is 0 Å². The molecule has 0 amide bonds. The Bertz CT molecular complexity index is 393. The molecule has 0 aromatic carbocycles. The minimum Gasteiger partial charge on any atom is -0.469 e. The van der Waals surface area contributed by atoms with E-state index in [9.17, 15) is 4.79 Å². The number of hydrogen-bond acceptors (Lipinski definition) is 6. The Kier molecular flexibility index (Phi) is 6.80. The molecule has 0 aliphatic heterocycles. The van der Waals surface area contributed by atoms with E-state index in [4.69, 9.17) is 0 Å². The van der Waals surface area contributed by atoms with Crippen LogP contribution in [0.3, 0.4) is 0 Å². The monoisotopic (exact) mass is 285 g/mol. The van der Waals surface area contributed by atoms with Crippen molar-refractivity contribution in [3.8, 4) is 0 Å². The molecule has 0 atom stereocenters. The third-order valence-corrected chi connectivity index (χ3v) is 3.80. The molecule has 0 aliphatic carbocycles. The summed E-state index contributed by atoms with van der Waals surface area (Å²) in [7, 11) is 3.52. The van der Waals surface area contributed by atoms with E-state index in [1.165, 1.54) is 18.4 Å². The lowest BCUT2D eigenvalue weighted by molar-refractivity contribution is -0.139. The Hall–Kier alpha value is -1.14. The van der Waals surface area contributed by atoms with Gasteiger partial charge in [-0.2, -0.15) is 0 Å². The van der Waals surface area contributed by atoms with E-state index in [1.807, 2.05) is 5.38 Å². The molecule has 0 bridgehead atoms. The van der Waals surface area contributed by atoms with Gasteiger partial charge in [-0.25, -0.2) is 4.98 Å². The summed E-state index contributed by atoms with van der Waals surface area (Å²) >= 11 is 1.52. The Morgan fingerprint density at radius 3 is 2.95 bits per heavy atom. The summed E-state index contributed by atoms with van der Waals surface area (Å²) in [5.41, 5.74) is 0.763. The van der Waals surface area contributed by atoms with Crippen LogP contribution in [0.15, 0.2) is 5.38 Å². The van der Waals surface area contributed by atoms with E-state index in [0.29, 0.717) is 6.04 Å². The van der Waals surface area contributed by atoms with Gasteiger partial charge in [-0.15, -0.1) is 11.3 Å². The van der Waals surface area contributed by atoms with Crippen molar-refractivity contribution in [2.75, 3.05) is 32.6 Å². The maximum absolute atomic E-state index is 11.1. The van der Waals surface area contributed by atoms with Crippen molar-refractivity contribution in [1.82, 2.24) is 9.88 Å². The molecule has 0 spiro atoms. The van der Waals surface area contributed by atoms with Crippen LogP contribution in [0.25, 0.3) is 0 Å². The lowest BCUT2D eigenvalue weighted by Crippen LogP contribution is -2.28. The number of aromatic nitrogens is 1. The summed E-state index contributed by atoms with van der Waals surface area (Å²) in [5.74, 6) is -0.254. The summed E-state index contributed by atoms with van der Waals surface area (Å²) in [6.07, 6.45) is 1.31. The Labute approximate surface area is 119 Å². The number of thiazole rings is 1. The van der Waals surface area contributed by atoms with Gasteiger partial charge in [-0.3, -0.25) is 4.79 Å². The third kappa shape index (κ3) is 6.02. The van der Waals surface area contributed by atoms with Crippen LogP contribution in [0.2, 0.25) is 0 Å². The second-order valence-electron chi connectivity index (χ2n) is 4.75. The topological polar surface area (TPSA) is 54.5 Å². The quantitative estimate of drug-likeness (QED) is 0.585. The summed E-state index contributed by atoms with van der Waals surface area (Å²) in [6, 6.07) is 0.575. The minimum absolute atomic E-state index is 0.241. The number of ether oxygens (including phenoxy) is 1. The molecular formula is C13H23N3O2S. The van der Waals surface area contributed by atoms with Crippen LogP contribution in [0.4, 0.5) is 5.13 Å². The Balaban J connectivity index is 2.25. The molecule has 0 aliphatic rings. The summed E-state index contributed by atoms with van der Waals surface area (Å²) in [4.78, 5) is 17.8. The molecular weight excluding hydrogens is 262 g/mol. The van der Waals surface area contributed by atoms with Gasteiger partial charge in [-0.1, -0.05) is 0 Å². The van der Waals surface area contributed by atoms with Crippen molar-refractivity contribution >= 4 is 22.4 Å². The number of rotatable bonds is 8. The number of esters is 1. The van der Waals surface area contributed by atoms with E-state index >= 15 is 0 Å². The molecule has 1 rings (SSSR count). The second kappa shape index (κ2) is 8.12. The molecule has 19 heavy (non-hydrogen) atoms. The molecule has 0 radical (unpaired) electrons. The van der Waals surface area contributed by atoms with Crippen LogP contribution in [0, 0.1) is 0 Å². The highest BCUT2D eigenvalue weighted by Crippen LogP contribution is 2.15. The predicted molar refractivity (Wildman–Crippen MR) is 78.7 cm³/mol. The maximum Gasteiger partial charge on any atom is 0.311 e. The van der Waals surface area contributed by atoms with Gasteiger partial charge in [0, 0.05) is 18.0 Å². The number of hydrogen-bond donors (Lipinski definition) is 1. The number of anilines is 1. The number of methoxy groups -OCH3 is 1. The van der Waals surface area contributed by atoms with E-state index in [1.54, 1.807) is 0 Å². The lowest BCUT2D eigenvalue weighted by atomic mass is 10.3. The first-order valence-electron chi connectivity index (χ1n) is 6.48. The standard InChI is InChI=1S/C13H23N3O2S/c1-10(2)16(3)7-5-6-14-13-15-11(9-19-13)8-12(17)18-4/h9-10H,5-8H2,1-4H3,(H,14,15). The average molecular weight is 285 g/mol. The number of nitrogens with zero attached hydrogens (tertiary/aromatic N) is 2. The minimum atomic E-state index is -0.254. The lowest BCUT2D eigenvalue weighted by Gasteiger charge is -2.20. The van der Waals surface area contributed by atoms with E-state index < -0.39 is 0 Å². The molecule has 0 unspecified atom stereocenters. The molecule has 1 aromatic rings. The van der Waals surface area contributed by atoms with Crippen molar-refractivity contribution < 1.29 is 9.53 Å². The predicted octanol–water partition coefficient (Wildman–Crippen LogP) is 2.00. The van der Waals surface area contributed by atoms with E-state index in [0.717, 1.165) is 30.3 Å². The fourth-order valence-electron chi connectivity index (χ4n) is 1.47. The molecule has 1 N–H and O–H groups in total.